The highest BCUT2D eigenvalue weighted by Crippen LogP contribution is 2.41. The molecule has 0 radical (unpaired) electrons. The van der Waals surface area contributed by atoms with Crippen LogP contribution in [0.1, 0.15) is 39.2 Å². The van der Waals surface area contributed by atoms with Gasteiger partial charge in [-0.1, -0.05) is 6.07 Å². The van der Waals surface area contributed by atoms with Gasteiger partial charge in [0.25, 0.3) is 17.7 Å². The predicted octanol–water partition coefficient (Wildman–Crippen LogP) is 2.12. The zero-order valence-electron chi connectivity index (χ0n) is 18.5. The Bertz CT molecular complexity index is 1190. The third-order valence-electron chi connectivity index (χ3n) is 4.85. The maximum absolute atomic E-state index is 13.3. The number of nitrogens with one attached hydrogen (secondary N) is 1. The van der Waals surface area contributed by atoms with E-state index in [1.54, 1.807) is 25.1 Å². The van der Waals surface area contributed by atoms with Crippen LogP contribution in [0.5, 0.6) is 11.5 Å². The molecule has 0 bridgehead atoms. The van der Waals surface area contributed by atoms with Gasteiger partial charge in [-0.25, -0.2) is 8.42 Å². The SMILES string of the molecule is CCOc1cc([C@@H](CS(C)(=O)=O)N2C(=O)c3csc(NC(=O)COC)c3C2=O)ccc1OC. The lowest BCUT2D eigenvalue weighted by Crippen LogP contribution is -2.38. The molecule has 12 heteroatoms. The van der Waals surface area contributed by atoms with Crippen LogP contribution in [0.3, 0.4) is 0 Å². The normalized spacial score (nSPS) is 14.2. The van der Waals surface area contributed by atoms with Gasteiger partial charge in [0.15, 0.2) is 11.5 Å². The van der Waals surface area contributed by atoms with Gasteiger partial charge >= 0.3 is 0 Å². The Morgan fingerprint density at radius 3 is 2.52 bits per heavy atom. The minimum Gasteiger partial charge on any atom is -0.493 e. The van der Waals surface area contributed by atoms with Crippen molar-refractivity contribution in [2.45, 2.75) is 13.0 Å². The number of rotatable bonds is 10. The third-order valence-corrected chi connectivity index (χ3v) is 6.66. The summed E-state index contributed by atoms with van der Waals surface area (Å²) in [6, 6.07) is 3.63. The number of methoxy groups -OCH3 is 2. The van der Waals surface area contributed by atoms with Gasteiger partial charge < -0.3 is 19.5 Å². The lowest BCUT2D eigenvalue weighted by atomic mass is 10.1. The molecule has 2 aromatic rings. The molecule has 0 unspecified atom stereocenters. The Morgan fingerprint density at radius 2 is 1.91 bits per heavy atom. The number of hydrogen-bond acceptors (Lipinski definition) is 9. The molecule has 10 nitrogen and oxygen atoms in total. The molecule has 1 aliphatic rings. The molecule has 1 aliphatic heterocycles. The summed E-state index contributed by atoms with van der Waals surface area (Å²) < 4.78 is 40.1. The first-order chi connectivity index (χ1) is 15.6. The molecule has 0 fully saturated rings. The van der Waals surface area contributed by atoms with Gasteiger partial charge in [-0.05, 0) is 24.6 Å². The van der Waals surface area contributed by atoms with Gasteiger partial charge in [0.1, 0.15) is 21.4 Å². The van der Waals surface area contributed by atoms with Gasteiger partial charge in [-0.15, -0.1) is 11.3 Å². The smallest absolute Gasteiger partial charge is 0.265 e. The summed E-state index contributed by atoms with van der Waals surface area (Å²) in [5.74, 6) is -1.50. The van der Waals surface area contributed by atoms with E-state index in [0.717, 1.165) is 22.5 Å². The first kappa shape index (κ1) is 24.7. The quantitative estimate of drug-likeness (QED) is 0.496. The fourth-order valence-corrected chi connectivity index (χ4v) is 5.37. The molecule has 0 saturated carbocycles. The summed E-state index contributed by atoms with van der Waals surface area (Å²) in [6.45, 7) is 1.89. The number of ether oxygens (including phenoxy) is 3. The number of sulfone groups is 1. The van der Waals surface area contributed by atoms with E-state index in [-0.39, 0.29) is 22.7 Å². The summed E-state index contributed by atoms with van der Waals surface area (Å²) in [5.41, 5.74) is 0.534. The number of anilines is 1. The standard InChI is InChI=1S/C21H24N2O8S2/c1-5-31-16-8-12(6-7-15(16)30-3)14(11-33(4,27)28)23-20(25)13-10-32-19(18(13)21(23)26)22-17(24)9-29-2/h6-8,10,14H,5,9,11H2,1-4H3,(H,22,24)/t14-/m1/s1. The minimum absolute atomic E-state index is 0.0338. The summed E-state index contributed by atoms with van der Waals surface area (Å²) in [6.07, 6.45) is 1.03. The van der Waals surface area contributed by atoms with Crippen molar-refractivity contribution < 1.29 is 37.0 Å². The van der Waals surface area contributed by atoms with Crippen LogP contribution in [0.2, 0.25) is 0 Å². The Labute approximate surface area is 195 Å². The van der Waals surface area contributed by atoms with Crippen LogP contribution in [0.25, 0.3) is 0 Å². The van der Waals surface area contributed by atoms with Crippen LogP contribution < -0.4 is 14.8 Å². The second kappa shape index (κ2) is 9.89. The van der Waals surface area contributed by atoms with Crippen molar-refractivity contribution in [1.82, 2.24) is 4.90 Å². The van der Waals surface area contributed by atoms with Gasteiger partial charge in [0.2, 0.25) is 0 Å². The Kier molecular flexibility index (Phi) is 7.40. The average molecular weight is 497 g/mol. The van der Waals surface area contributed by atoms with E-state index in [1.807, 2.05) is 0 Å². The van der Waals surface area contributed by atoms with Crippen molar-refractivity contribution in [1.29, 1.82) is 0 Å². The van der Waals surface area contributed by atoms with Crippen molar-refractivity contribution in [3.8, 4) is 11.5 Å². The molecule has 2 heterocycles. The Balaban J connectivity index is 2.04. The van der Waals surface area contributed by atoms with Crippen molar-refractivity contribution >= 4 is 43.9 Å². The van der Waals surface area contributed by atoms with Crippen molar-refractivity contribution in [3.63, 3.8) is 0 Å². The molecular formula is C21H24N2O8S2. The molecule has 0 aliphatic carbocycles. The zero-order chi connectivity index (χ0) is 24.3. The number of thiophene rings is 1. The predicted molar refractivity (Wildman–Crippen MR) is 122 cm³/mol. The van der Waals surface area contributed by atoms with E-state index in [4.69, 9.17) is 14.2 Å². The molecule has 178 valence electrons. The second-order valence-electron chi connectivity index (χ2n) is 7.27. The number of benzene rings is 1. The maximum Gasteiger partial charge on any atom is 0.265 e. The number of nitrogens with zero attached hydrogens (tertiary/aromatic N) is 1. The van der Waals surface area contributed by atoms with Crippen LogP contribution >= 0.6 is 11.3 Å². The fraction of sp³-hybridized carbons (Fsp3) is 0.381. The summed E-state index contributed by atoms with van der Waals surface area (Å²) in [7, 11) is -0.780. The highest BCUT2D eigenvalue weighted by Gasteiger charge is 2.44. The summed E-state index contributed by atoms with van der Waals surface area (Å²) in [5, 5.41) is 4.23. The van der Waals surface area contributed by atoms with Crippen LogP contribution in [-0.2, 0) is 19.4 Å². The van der Waals surface area contributed by atoms with Crippen LogP contribution in [0.4, 0.5) is 5.00 Å². The number of carbonyl (C=O) groups is 3. The number of imide groups is 1. The Morgan fingerprint density at radius 1 is 1.18 bits per heavy atom. The number of amides is 3. The maximum atomic E-state index is 13.3. The number of hydrogen-bond donors (Lipinski definition) is 1. The second-order valence-corrected chi connectivity index (χ2v) is 10.3. The summed E-state index contributed by atoms with van der Waals surface area (Å²) in [4.78, 5) is 39.4. The molecule has 0 spiro atoms. The summed E-state index contributed by atoms with van der Waals surface area (Å²) >= 11 is 1.04. The first-order valence-electron chi connectivity index (χ1n) is 9.87. The lowest BCUT2D eigenvalue weighted by Gasteiger charge is -2.27. The molecule has 0 saturated heterocycles. The topological polar surface area (TPSA) is 128 Å². The van der Waals surface area contributed by atoms with Crippen LogP contribution in [-0.4, -0.2) is 70.5 Å². The zero-order valence-corrected chi connectivity index (χ0v) is 20.2. The van der Waals surface area contributed by atoms with E-state index < -0.39 is 39.4 Å². The highest BCUT2D eigenvalue weighted by atomic mass is 32.2. The minimum atomic E-state index is -3.61. The number of fused-ring (bicyclic) bond motifs is 1. The fourth-order valence-electron chi connectivity index (χ4n) is 3.51. The van der Waals surface area contributed by atoms with Gasteiger partial charge in [-0.2, -0.15) is 0 Å². The van der Waals surface area contributed by atoms with E-state index in [2.05, 4.69) is 5.32 Å². The van der Waals surface area contributed by atoms with Gasteiger partial charge in [-0.3, -0.25) is 19.3 Å². The van der Waals surface area contributed by atoms with Crippen LogP contribution in [0, 0.1) is 0 Å². The van der Waals surface area contributed by atoms with Crippen molar-refractivity contribution in [2.24, 2.45) is 0 Å². The number of carbonyl (C=O) groups excluding carboxylic acids is 3. The molecule has 3 amide bonds. The van der Waals surface area contributed by atoms with E-state index >= 15 is 0 Å². The van der Waals surface area contributed by atoms with E-state index in [0.29, 0.717) is 23.7 Å². The van der Waals surface area contributed by atoms with E-state index in [1.165, 1.54) is 19.6 Å². The van der Waals surface area contributed by atoms with Gasteiger partial charge in [0, 0.05) is 18.7 Å². The molecule has 1 N–H and O–H groups in total. The van der Waals surface area contributed by atoms with E-state index in [9.17, 15) is 22.8 Å². The largest absolute Gasteiger partial charge is 0.493 e. The Hall–Kier alpha value is -2.96. The van der Waals surface area contributed by atoms with Crippen LogP contribution in [0.15, 0.2) is 23.6 Å². The lowest BCUT2D eigenvalue weighted by molar-refractivity contribution is -0.119. The average Bonchev–Trinajstić information content (AvgIpc) is 3.26. The highest BCUT2D eigenvalue weighted by molar-refractivity contribution is 7.90. The van der Waals surface area contributed by atoms with Crippen molar-refractivity contribution in [3.05, 3.63) is 40.3 Å². The first-order valence-corrected chi connectivity index (χ1v) is 12.8. The third kappa shape index (κ3) is 5.18. The molecular weight excluding hydrogens is 472 g/mol. The molecule has 1 aromatic carbocycles. The van der Waals surface area contributed by atoms with Gasteiger partial charge in [0.05, 0.1) is 36.6 Å². The van der Waals surface area contributed by atoms with Crippen molar-refractivity contribution in [2.75, 3.05) is 44.8 Å². The molecule has 33 heavy (non-hydrogen) atoms. The molecule has 3 rings (SSSR count). The monoisotopic (exact) mass is 496 g/mol. The molecule has 1 aromatic heterocycles. The molecule has 1 atom stereocenters.